The number of nitrogens with two attached hydrogens (primary N) is 1. The lowest BCUT2D eigenvalue weighted by Crippen LogP contribution is -1.91. The Bertz CT molecular complexity index is 745. The number of hydrogen-bond donors (Lipinski definition) is 2. The standard InChI is InChI=1S/C13H10ClN5/c14-9-4-1-8(2-5-9)3-6-10-18-11-12(15)16-7-17-13(11)19-10/h1-7H,(H3,15,16,17,18,19)/b6-3+. The summed E-state index contributed by atoms with van der Waals surface area (Å²) in [5, 5.41) is 0.712. The summed E-state index contributed by atoms with van der Waals surface area (Å²) < 4.78 is 0. The molecule has 0 spiro atoms. The molecule has 0 saturated heterocycles. The van der Waals surface area contributed by atoms with Gasteiger partial charge >= 0.3 is 0 Å². The van der Waals surface area contributed by atoms with Crippen LogP contribution in [-0.2, 0) is 0 Å². The molecular weight excluding hydrogens is 262 g/mol. The molecule has 0 unspecified atom stereocenters. The lowest BCUT2D eigenvalue weighted by Gasteiger charge is -1.92. The molecule has 0 atom stereocenters. The van der Waals surface area contributed by atoms with Crippen LogP contribution >= 0.6 is 11.6 Å². The molecule has 0 aliphatic carbocycles. The van der Waals surface area contributed by atoms with E-state index in [0.29, 0.717) is 27.8 Å². The van der Waals surface area contributed by atoms with Crippen molar-refractivity contribution in [3.8, 4) is 0 Å². The fourth-order valence-electron chi connectivity index (χ4n) is 1.69. The van der Waals surface area contributed by atoms with Crippen molar-refractivity contribution in [1.29, 1.82) is 0 Å². The van der Waals surface area contributed by atoms with Gasteiger partial charge in [-0.25, -0.2) is 15.0 Å². The second-order valence-corrected chi connectivity index (χ2v) is 4.40. The highest BCUT2D eigenvalue weighted by Gasteiger charge is 2.04. The third-order valence-corrected chi connectivity index (χ3v) is 2.88. The Morgan fingerprint density at radius 3 is 2.63 bits per heavy atom. The van der Waals surface area contributed by atoms with E-state index in [1.54, 1.807) is 0 Å². The third kappa shape index (κ3) is 2.41. The molecule has 19 heavy (non-hydrogen) atoms. The normalized spacial score (nSPS) is 11.4. The molecule has 3 aromatic rings. The van der Waals surface area contributed by atoms with E-state index >= 15 is 0 Å². The highest BCUT2D eigenvalue weighted by Crippen LogP contribution is 2.15. The number of rotatable bonds is 2. The minimum atomic E-state index is 0.368. The van der Waals surface area contributed by atoms with Crippen molar-refractivity contribution in [2.45, 2.75) is 0 Å². The van der Waals surface area contributed by atoms with Gasteiger partial charge in [0.25, 0.3) is 0 Å². The van der Waals surface area contributed by atoms with Crippen LogP contribution < -0.4 is 5.73 Å². The van der Waals surface area contributed by atoms with Gasteiger partial charge in [0.1, 0.15) is 12.2 Å². The van der Waals surface area contributed by atoms with Crippen LogP contribution in [0.2, 0.25) is 5.02 Å². The minimum Gasteiger partial charge on any atom is -0.382 e. The van der Waals surface area contributed by atoms with Crippen LogP contribution in [0.1, 0.15) is 11.4 Å². The maximum absolute atomic E-state index is 5.83. The maximum Gasteiger partial charge on any atom is 0.163 e. The summed E-state index contributed by atoms with van der Waals surface area (Å²) in [4.78, 5) is 15.4. The van der Waals surface area contributed by atoms with Crippen molar-refractivity contribution in [1.82, 2.24) is 19.9 Å². The Morgan fingerprint density at radius 2 is 1.89 bits per heavy atom. The molecule has 1 aromatic carbocycles. The lowest BCUT2D eigenvalue weighted by molar-refractivity contribution is 1.20. The monoisotopic (exact) mass is 271 g/mol. The average molecular weight is 272 g/mol. The molecule has 94 valence electrons. The van der Waals surface area contributed by atoms with E-state index in [0.717, 1.165) is 5.56 Å². The second kappa shape index (κ2) is 4.70. The van der Waals surface area contributed by atoms with Crippen molar-refractivity contribution in [2.24, 2.45) is 0 Å². The SMILES string of the molecule is Nc1ncnc2[nH]c(/C=C/c3ccc(Cl)cc3)nc12. The first-order valence-corrected chi connectivity index (χ1v) is 6.00. The van der Waals surface area contributed by atoms with Gasteiger partial charge in [0.05, 0.1) is 0 Å². The summed E-state index contributed by atoms with van der Waals surface area (Å²) in [5.74, 6) is 1.05. The molecule has 0 radical (unpaired) electrons. The van der Waals surface area contributed by atoms with Crippen LogP contribution in [0, 0.1) is 0 Å². The van der Waals surface area contributed by atoms with Crippen molar-refractivity contribution in [3.63, 3.8) is 0 Å². The summed E-state index contributed by atoms with van der Waals surface area (Å²) in [6, 6.07) is 7.53. The van der Waals surface area contributed by atoms with Gasteiger partial charge in [-0.3, -0.25) is 0 Å². The van der Waals surface area contributed by atoms with Crippen molar-refractivity contribution >= 4 is 40.7 Å². The molecular formula is C13H10ClN5. The minimum absolute atomic E-state index is 0.368. The van der Waals surface area contributed by atoms with Gasteiger partial charge in [-0.2, -0.15) is 0 Å². The van der Waals surface area contributed by atoms with Crippen LogP contribution in [0.4, 0.5) is 5.82 Å². The van der Waals surface area contributed by atoms with E-state index in [1.807, 2.05) is 36.4 Å². The van der Waals surface area contributed by atoms with Crippen LogP contribution in [-0.4, -0.2) is 19.9 Å². The van der Waals surface area contributed by atoms with E-state index in [9.17, 15) is 0 Å². The van der Waals surface area contributed by atoms with Gasteiger partial charge in [-0.15, -0.1) is 0 Å². The van der Waals surface area contributed by atoms with Gasteiger partial charge in [0.15, 0.2) is 17.0 Å². The zero-order valence-corrected chi connectivity index (χ0v) is 10.6. The van der Waals surface area contributed by atoms with Crippen LogP contribution in [0.5, 0.6) is 0 Å². The number of benzene rings is 1. The highest BCUT2D eigenvalue weighted by molar-refractivity contribution is 6.30. The Labute approximate surface area is 114 Å². The predicted octanol–water partition coefficient (Wildman–Crippen LogP) is 2.76. The van der Waals surface area contributed by atoms with Crippen molar-refractivity contribution in [3.05, 3.63) is 47.0 Å². The Balaban J connectivity index is 1.93. The second-order valence-electron chi connectivity index (χ2n) is 3.96. The smallest absolute Gasteiger partial charge is 0.163 e. The molecule has 0 amide bonds. The van der Waals surface area contributed by atoms with Crippen LogP contribution in [0.3, 0.4) is 0 Å². The predicted molar refractivity (Wildman–Crippen MR) is 76.5 cm³/mol. The van der Waals surface area contributed by atoms with Crippen LogP contribution in [0.15, 0.2) is 30.6 Å². The van der Waals surface area contributed by atoms with E-state index < -0.39 is 0 Å². The average Bonchev–Trinajstić information content (AvgIpc) is 2.83. The molecule has 3 N–H and O–H groups in total. The largest absolute Gasteiger partial charge is 0.382 e. The van der Waals surface area contributed by atoms with Gasteiger partial charge < -0.3 is 10.7 Å². The number of aromatic amines is 1. The van der Waals surface area contributed by atoms with E-state index in [1.165, 1.54) is 6.33 Å². The van der Waals surface area contributed by atoms with E-state index in [4.69, 9.17) is 17.3 Å². The molecule has 0 bridgehead atoms. The summed E-state index contributed by atoms with van der Waals surface area (Å²) in [6.07, 6.45) is 5.19. The first-order chi connectivity index (χ1) is 9.22. The number of nitrogens with zero attached hydrogens (tertiary/aromatic N) is 3. The summed E-state index contributed by atoms with van der Waals surface area (Å²) in [6.45, 7) is 0. The number of halogens is 1. The Kier molecular flexibility index (Phi) is 2.89. The molecule has 2 heterocycles. The molecule has 3 rings (SSSR count). The van der Waals surface area contributed by atoms with Gasteiger partial charge in [-0.05, 0) is 23.8 Å². The maximum atomic E-state index is 5.83. The Morgan fingerprint density at radius 1 is 1.11 bits per heavy atom. The fourth-order valence-corrected chi connectivity index (χ4v) is 1.82. The molecule has 0 aliphatic heterocycles. The quantitative estimate of drug-likeness (QED) is 0.751. The highest BCUT2D eigenvalue weighted by atomic mass is 35.5. The number of nitrogens with one attached hydrogen (secondary N) is 1. The molecule has 2 aromatic heterocycles. The third-order valence-electron chi connectivity index (χ3n) is 2.63. The number of imidazole rings is 1. The number of hydrogen-bond acceptors (Lipinski definition) is 4. The van der Waals surface area contributed by atoms with Gasteiger partial charge in [0, 0.05) is 5.02 Å². The Hall–Kier alpha value is -2.40. The first kappa shape index (κ1) is 11.7. The van der Waals surface area contributed by atoms with E-state index in [-0.39, 0.29) is 0 Å². The molecule has 6 heteroatoms. The first-order valence-electron chi connectivity index (χ1n) is 5.62. The zero-order chi connectivity index (χ0) is 13.2. The molecule has 0 aliphatic rings. The topological polar surface area (TPSA) is 80.5 Å². The lowest BCUT2D eigenvalue weighted by atomic mass is 10.2. The van der Waals surface area contributed by atoms with E-state index in [2.05, 4.69) is 19.9 Å². The zero-order valence-electron chi connectivity index (χ0n) is 9.84. The summed E-state index contributed by atoms with van der Waals surface area (Å²) in [5.41, 5.74) is 7.96. The number of anilines is 1. The molecule has 0 fully saturated rings. The fraction of sp³-hybridized carbons (Fsp3) is 0. The number of aromatic nitrogens is 4. The van der Waals surface area contributed by atoms with Crippen molar-refractivity contribution < 1.29 is 0 Å². The van der Waals surface area contributed by atoms with Gasteiger partial charge in [0.2, 0.25) is 0 Å². The van der Waals surface area contributed by atoms with Gasteiger partial charge in [-0.1, -0.05) is 29.8 Å². The summed E-state index contributed by atoms with van der Waals surface area (Å²) in [7, 11) is 0. The molecule has 5 nitrogen and oxygen atoms in total. The number of nitrogen functional groups attached to an aromatic ring is 1. The number of H-pyrrole nitrogens is 1. The molecule has 0 saturated carbocycles. The number of fused-ring (bicyclic) bond motifs is 1. The van der Waals surface area contributed by atoms with Crippen molar-refractivity contribution in [2.75, 3.05) is 5.73 Å². The van der Waals surface area contributed by atoms with Crippen LogP contribution in [0.25, 0.3) is 23.3 Å². The summed E-state index contributed by atoms with van der Waals surface area (Å²) >= 11 is 5.83.